The molecule has 27 heavy (non-hydrogen) atoms. The van der Waals surface area contributed by atoms with Crippen LogP contribution in [0.2, 0.25) is 0 Å². The largest absolute Gasteiger partial charge is 0.352 e. The molecule has 4 rings (SSSR count). The maximum atomic E-state index is 12.6. The zero-order chi connectivity index (χ0) is 19.0. The summed E-state index contributed by atoms with van der Waals surface area (Å²) in [7, 11) is 0. The number of rotatable bonds is 5. The summed E-state index contributed by atoms with van der Waals surface area (Å²) in [5, 5.41) is 5.88. The van der Waals surface area contributed by atoms with E-state index in [2.05, 4.69) is 15.5 Å². The van der Waals surface area contributed by atoms with Crippen LogP contribution in [-0.4, -0.2) is 65.8 Å². The summed E-state index contributed by atoms with van der Waals surface area (Å²) in [5.74, 6) is 0.191. The molecular weight excluding hydrogens is 344 g/mol. The number of amides is 3. The van der Waals surface area contributed by atoms with Gasteiger partial charge in [0.1, 0.15) is 0 Å². The van der Waals surface area contributed by atoms with Gasteiger partial charge in [0.05, 0.1) is 18.9 Å². The Morgan fingerprint density at radius 1 is 1.22 bits per heavy atom. The molecule has 3 amide bonds. The molecule has 1 aromatic rings. The first-order valence-electron chi connectivity index (χ1n) is 9.73. The van der Waals surface area contributed by atoms with Crippen molar-refractivity contribution in [1.82, 2.24) is 15.1 Å². The first-order valence-corrected chi connectivity index (χ1v) is 9.73. The maximum Gasteiger partial charge on any atom is 0.237 e. The molecule has 7 nitrogen and oxygen atoms in total. The van der Waals surface area contributed by atoms with Crippen LogP contribution in [0.15, 0.2) is 18.2 Å². The van der Waals surface area contributed by atoms with Gasteiger partial charge >= 0.3 is 0 Å². The van der Waals surface area contributed by atoms with Gasteiger partial charge < -0.3 is 15.5 Å². The van der Waals surface area contributed by atoms with E-state index in [1.807, 2.05) is 30.0 Å². The van der Waals surface area contributed by atoms with Crippen molar-refractivity contribution in [2.24, 2.45) is 0 Å². The first kappa shape index (κ1) is 18.0. The lowest BCUT2D eigenvalue weighted by atomic mass is 10.1. The average molecular weight is 370 g/mol. The summed E-state index contributed by atoms with van der Waals surface area (Å²) >= 11 is 0. The monoisotopic (exact) mass is 370 g/mol. The maximum absolute atomic E-state index is 12.6. The Labute approximate surface area is 159 Å². The summed E-state index contributed by atoms with van der Waals surface area (Å²) in [4.78, 5) is 40.3. The summed E-state index contributed by atoms with van der Waals surface area (Å²) in [6, 6.07) is 5.98. The van der Waals surface area contributed by atoms with Crippen molar-refractivity contribution in [2.75, 3.05) is 31.5 Å². The van der Waals surface area contributed by atoms with E-state index in [1.54, 1.807) is 0 Å². The second-order valence-electron chi connectivity index (χ2n) is 7.77. The second-order valence-corrected chi connectivity index (χ2v) is 7.77. The van der Waals surface area contributed by atoms with Gasteiger partial charge in [0.25, 0.3) is 0 Å². The lowest BCUT2D eigenvalue weighted by Crippen LogP contribution is -2.55. The molecule has 144 valence electrons. The normalized spacial score (nSPS) is 20.8. The van der Waals surface area contributed by atoms with Gasteiger partial charge in [-0.25, -0.2) is 0 Å². The first-order chi connectivity index (χ1) is 13.0. The molecular formula is C20H26N4O3. The van der Waals surface area contributed by atoms with E-state index < -0.39 is 0 Å². The Morgan fingerprint density at radius 2 is 1.96 bits per heavy atom. The van der Waals surface area contributed by atoms with Crippen LogP contribution in [-0.2, 0) is 27.2 Å². The molecule has 7 heteroatoms. The Hall–Kier alpha value is -2.41. The molecule has 1 aromatic carbocycles. The number of carbonyl (C=O) groups excluding carboxylic acids is 3. The fraction of sp³-hybridized carbons (Fsp3) is 0.550. The second kappa shape index (κ2) is 7.31. The van der Waals surface area contributed by atoms with Gasteiger partial charge in [-0.15, -0.1) is 0 Å². The number of nitrogens with zero attached hydrogens (tertiary/aromatic N) is 2. The minimum atomic E-state index is -0.150. The fourth-order valence-electron chi connectivity index (χ4n) is 3.73. The summed E-state index contributed by atoms with van der Waals surface area (Å²) < 4.78 is 0. The number of benzene rings is 1. The molecule has 1 saturated carbocycles. The molecule has 2 N–H and O–H groups in total. The number of hydrogen-bond donors (Lipinski definition) is 2. The lowest BCUT2D eigenvalue weighted by Gasteiger charge is -2.37. The van der Waals surface area contributed by atoms with Gasteiger partial charge in [-0.2, -0.15) is 0 Å². The van der Waals surface area contributed by atoms with Crippen LogP contribution in [0.25, 0.3) is 0 Å². The highest BCUT2D eigenvalue weighted by molar-refractivity contribution is 5.99. The number of hydrogen-bond acceptors (Lipinski definition) is 4. The van der Waals surface area contributed by atoms with Crippen molar-refractivity contribution in [3.63, 3.8) is 0 Å². The quantitative estimate of drug-likeness (QED) is 0.792. The molecule has 2 heterocycles. The van der Waals surface area contributed by atoms with Crippen molar-refractivity contribution in [1.29, 1.82) is 0 Å². The molecule has 2 fully saturated rings. The Bertz CT molecular complexity index is 766. The zero-order valence-corrected chi connectivity index (χ0v) is 15.7. The topological polar surface area (TPSA) is 81.8 Å². The number of fused-ring (bicyclic) bond motifs is 1. The Kier molecular flexibility index (Phi) is 4.86. The van der Waals surface area contributed by atoms with E-state index in [1.165, 1.54) is 0 Å². The third kappa shape index (κ3) is 4.13. The molecule has 3 aliphatic rings. The van der Waals surface area contributed by atoms with Crippen LogP contribution < -0.4 is 10.6 Å². The molecule has 0 bridgehead atoms. The van der Waals surface area contributed by atoms with Crippen molar-refractivity contribution < 1.29 is 14.4 Å². The van der Waals surface area contributed by atoms with Gasteiger partial charge in [-0.1, -0.05) is 12.1 Å². The number of piperazine rings is 1. The molecule has 1 unspecified atom stereocenters. The lowest BCUT2D eigenvalue weighted by molar-refractivity contribution is -0.133. The SMILES string of the molecule is CC(C(=O)NC1CC1)N1CCN(C(=O)Cc2ccc3c(c2)NC(=O)C3)CC1. The highest BCUT2D eigenvalue weighted by Crippen LogP contribution is 2.24. The smallest absolute Gasteiger partial charge is 0.237 e. The molecule has 0 radical (unpaired) electrons. The van der Waals surface area contributed by atoms with E-state index >= 15 is 0 Å². The third-order valence-corrected chi connectivity index (χ3v) is 5.67. The molecule has 0 spiro atoms. The van der Waals surface area contributed by atoms with Crippen LogP contribution in [0.4, 0.5) is 5.69 Å². The minimum Gasteiger partial charge on any atom is -0.352 e. The Balaban J connectivity index is 1.28. The van der Waals surface area contributed by atoms with E-state index in [0.717, 1.165) is 29.7 Å². The van der Waals surface area contributed by atoms with Crippen LogP contribution in [0.5, 0.6) is 0 Å². The third-order valence-electron chi connectivity index (χ3n) is 5.67. The Morgan fingerprint density at radius 3 is 2.67 bits per heavy atom. The zero-order valence-electron chi connectivity index (χ0n) is 15.7. The average Bonchev–Trinajstić information content (AvgIpc) is 3.39. The predicted molar refractivity (Wildman–Crippen MR) is 101 cm³/mol. The molecule has 2 aliphatic heterocycles. The van der Waals surface area contributed by atoms with E-state index in [0.29, 0.717) is 45.1 Å². The van der Waals surface area contributed by atoms with Crippen molar-refractivity contribution in [3.8, 4) is 0 Å². The minimum absolute atomic E-state index is 0.00411. The van der Waals surface area contributed by atoms with Crippen LogP contribution >= 0.6 is 0 Å². The molecule has 1 atom stereocenters. The number of carbonyl (C=O) groups is 3. The molecule has 1 aliphatic carbocycles. The van der Waals surface area contributed by atoms with Gasteiger partial charge in [0.2, 0.25) is 17.7 Å². The molecule has 0 aromatic heterocycles. The highest BCUT2D eigenvalue weighted by atomic mass is 16.2. The van der Waals surface area contributed by atoms with Gasteiger partial charge in [0.15, 0.2) is 0 Å². The summed E-state index contributed by atoms with van der Waals surface area (Å²) in [6.45, 7) is 4.65. The summed E-state index contributed by atoms with van der Waals surface area (Å²) in [5.41, 5.74) is 2.73. The van der Waals surface area contributed by atoms with Crippen LogP contribution in [0.1, 0.15) is 30.9 Å². The van der Waals surface area contributed by atoms with Crippen LogP contribution in [0.3, 0.4) is 0 Å². The number of anilines is 1. The van der Waals surface area contributed by atoms with Crippen molar-refractivity contribution in [2.45, 2.75) is 44.7 Å². The van der Waals surface area contributed by atoms with Crippen molar-refractivity contribution in [3.05, 3.63) is 29.3 Å². The van der Waals surface area contributed by atoms with E-state index in [4.69, 9.17) is 0 Å². The van der Waals surface area contributed by atoms with Crippen molar-refractivity contribution >= 4 is 23.4 Å². The highest BCUT2D eigenvalue weighted by Gasteiger charge is 2.31. The van der Waals surface area contributed by atoms with Gasteiger partial charge in [-0.05, 0) is 37.0 Å². The van der Waals surface area contributed by atoms with Gasteiger partial charge in [0, 0.05) is 37.9 Å². The number of nitrogens with one attached hydrogen (secondary N) is 2. The fourth-order valence-corrected chi connectivity index (χ4v) is 3.73. The summed E-state index contributed by atoms with van der Waals surface area (Å²) in [6.07, 6.45) is 2.93. The van der Waals surface area contributed by atoms with E-state index in [-0.39, 0.29) is 23.8 Å². The van der Waals surface area contributed by atoms with E-state index in [9.17, 15) is 14.4 Å². The van der Waals surface area contributed by atoms with Gasteiger partial charge in [-0.3, -0.25) is 19.3 Å². The molecule has 1 saturated heterocycles. The predicted octanol–water partition coefficient (Wildman–Crippen LogP) is 0.535. The standard InChI is InChI=1S/C20H26N4O3/c1-13(20(27)21-16-4-5-16)23-6-8-24(9-7-23)19(26)11-14-2-3-15-12-18(25)22-17(15)10-14/h2-3,10,13,16H,4-9,11-12H2,1H3,(H,21,27)(H,22,25). The van der Waals surface area contributed by atoms with Crippen LogP contribution in [0, 0.1) is 0 Å².